The summed E-state index contributed by atoms with van der Waals surface area (Å²) in [6, 6.07) is 0.267. The first-order valence-corrected chi connectivity index (χ1v) is 11.2. The number of anilines is 1. The van der Waals surface area contributed by atoms with Crippen LogP contribution in [0.3, 0.4) is 0 Å². The molecule has 0 saturated carbocycles. The highest BCUT2D eigenvalue weighted by Gasteiger charge is 2.26. The van der Waals surface area contributed by atoms with Gasteiger partial charge in [0.25, 0.3) is 0 Å². The van der Waals surface area contributed by atoms with Crippen LogP contribution in [0.2, 0.25) is 0 Å². The van der Waals surface area contributed by atoms with E-state index in [9.17, 15) is 4.79 Å². The number of aryl methyl sites for hydroxylation is 1. The molecule has 0 radical (unpaired) electrons. The van der Waals surface area contributed by atoms with E-state index in [0.29, 0.717) is 18.3 Å². The molecule has 7 heteroatoms. The Bertz CT molecular complexity index is 906. The third-order valence-electron chi connectivity index (χ3n) is 6.66. The predicted octanol–water partition coefficient (Wildman–Crippen LogP) is 3.07. The number of carbonyl (C=O) groups excluding carboxylic acids is 1. The van der Waals surface area contributed by atoms with Gasteiger partial charge in [-0.15, -0.1) is 0 Å². The molecule has 162 valence electrons. The van der Waals surface area contributed by atoms with Crippen molar-refractivity contribution in [3.8, 4) is 0 Å². The molecule has 3 heterocycles. The lowest BCUT2D eigenvalue weighted by atomic mass is 9.82. The first-order chi connectivity index (χ1) is 14.5. The largest absolute Gasteiger partial charge is 0.363 e. The summed E-state index contributed by atoms with van der Waals surface area (Å²) in [5.74, 6) is 2.27. The maximum absolute atomic E-state index is 12.5. The number of aromatic nitrogens is 3. The summed E-state index contributed by atoms with van der Waals surface area (Å²) < 4.78 is 0. The molecule has 7 nitrogen and oxygen atoms in total. The Morgan fingerprint density at radius 1 is 1.10 bits per heavy atom. The van der Waals surface area contributed by atoms with Crippen molar-refractivity contribution in [2.24, 2.45) is 11.8 Å². The van der Waals surface area contributed by atoms with Crippen molar-refractivity contribution >= 4 is 22.8 Å². The highest BCUT2D eigenvalue weighted by molar-refractivity contribution is 5.90. The molecule has 0 aromatic carbocycles. The fraction of sp³-hybridized carbons (Fsp3) is 0.609. The first-order valence-electron chi connectivity index (χ1n) is 11.2. The van der Waals surface area contributed by atoms with Crippen LogP contribution in [0.15, 0.2) is 24.7 Å². The summed E-state index contributed by atoms with van der Waals surface area (Å²) in [5, 5.41) is 4.76. The number of allylic oxidation sites excluding steroid dienone is 1. The van der Waals surface area contributed by atoms with Crippen molar-refractivity contribution in [3.05, 3.63) is 30.2 Å². The van der Waals surface area contributed by atoms with Crippen LogP contribution in [0.5, 0.6) is 0 Å². The number of amides is 1. The van der Waals surface area contributed by atoms with Crippen LogP contribution in [-0.4, -0.2) is 70.4 Å². The average molecular weight is 411 g/mol. The summed E-state index contributed by atoms with van der Waals surface area (Å²) in [6.45, 7) is 5.08. The number of nitrogens with zero attached hydrogens (tertiary/aromatic N) is 4. The SMILES string of the molecule is CC1C=CC2CC1CN(C)CCCC(=O)N(C)CCCc1c[nH]c3ncnc(c13)N2. The Labute approximate surface area is 178 Å². The van der Waals surface area contributed by atoms with Gasteiger partial charge in [0.2, 0.25) is 5.91 Å². The van der Waals surface area contributed by atoms with Gasteiger partial charge in [-0.1, -0.05) is 19.1 Å². The zero-order chi connectivity index (χ0) is 21.1. The minimum absolute atomic E-state index is 0.242. The summed E-state index contributed by atoms with van der Waals surface area (Å²) in [7, 11) is 4.10. The molecule has 0 saturated heterocycles. The number of hydrogen-bond acceptors (Lipinski definition) is 5. The molecule has 0 spiro atoms. The van der Waals surface area contributed by atoms with Gasteiger partial charge in [-0.2, -0.15) is 0 Å². The van der Waals surface area contributed by atoms with Crippen LogP contribution < -0.4 is 5.32 Å². The second-order valence-electron chi connectivity index (χ2n) is 9.04. The van der Waals surface area contributed by atoms with E-state index < -0.39 is 0 Å². The smallest absolute Gasteiger partial charge is 0.222 e. The van der Waals surface area contributed by atoms with Gasteiger partial charge in [-0.05, 0) is 56.7 Å². The van der Waals surface area contributed by atoms with Gasteiger partial charge in [0, 0.05) is 38.8 Å². The molecule has 1 aliphatic carbocycles. The van der Waals surface area contributed by atoms with E-state index in [1.54, 1.807) is 6.33 Å². The van der Waals surface area contributed by atoms with Crippen molar-refractivity contribution in [1.82, 2.24) is 24.8 Å². The van der Waals surface area contributed by atoms with E-state index in [2.05, 4.69) is 51.3 Å². The van der Waals surface area contributed by atoms with Crippen molar-refractivity contribution < 1.29 is 4.79 Å². The Kier molecular flexibility index (Phi) is 6.37. The van der Waals surface area contributed by atoms with Gasteiger partial charge in [0.1, 0.15) is 17.8 Å². The summed E-state index contributed by atoms with van der Waals surface area (Å²) in [6.07, 6.45) is 12.7. The molecule has 0 fully saturated rings. The maximum atomic E-state index is 12.5. The van der Waals surface area contributed by atoms with Crippen molar-refractivity contribution in [3.63, 3.8) is 0 Å². The van der Waals surface area contributed by atoms with E-state index in [-0.39, 0.29) is 11.9 Å². The fourth-order valence-electron chi connectivity index (χ4n) is 4.76. The minimum Gasteiger partial charge on any atom is -0.363 e. The summed E-state index contributed by atoms with van der Waals surface area (Å²) in [4.78, 5) is 29.1. The lowest BCUT2D eigenvalue weighted by Gasteiger charge is -2.33. The minimum atomic E-state index is 0.242. The van der Waals surface area contributed by atoms with Gasteiger partial charge in [0.15, 0.2) is 0 Å². The lowest BCUT2D eigenvalue weighted by Crippen LogP contribution is -2.36. The average Bonchev–Trinajstić information content (AvgIpc) is 3.14. The first kappa shape index (κ1) is 20.8. The number of hydrogen-bond donors (Lipinski definition) is 2. The third-order valence-corrected chi connectivity index (χ3v) is 6.66. The molecule has 2 aromatic rings. The topological polar surface area (TPSA) is 77.2 Å². The molecule has 1 aliphatic heterocycles. The Morgan fingerprint density at radius 2 is 1.93 bits per heavy atom. The number of carbonyl (C=O) groups is 1. The van der Waals surface area contributed by atoms with Gasteiger partial charge in [-0.25, -0.2) is 9.97 Å². The summed E-state index contributed by atoms with van der Waals surface area (Å²) >= 11 is 0. The molecule has 2 aliphatic rings. The third kappa shape index (κ3) is 4.67. The maximum Gasteiger partial charge on any atom is 0.222 e. The monoisotopic (exact) mass is 410 g/mol. The van der Waals surface area contributed by atoms with Crippen LogP contribution in [0.25, 0.3) is 11.0 Å². The highest BCUT2D eigenvalue weighted by Crippen LogP contribution is 2.30. The van der Waals surface area contributed by atoms with Crippen molar-refractivity contribution in [1.29, 1.82) is 0 Å². The van der Waals surface area contributed by atoms with Gasteiger partial charge < -0.3 is 20.1 Å². The van der Waals surface area contributed by atoms with Crippen LogP contribution in [0.4, 0.5) is 5.82 Å². The van der Waals surface area contributed by atoms with Gasteiger partial charge in [-0.3, -0.25) is 4.79 Å². The van der Waals surface area contributed by atoms with Crippen LogP contribution >= 0.6 is 0 Å². The molecule has 2 bridgehead atoms. The van der Waals surface area contributed by atoms with Crippen LogP contribution in [0.1, 0.15) is 38.2 Å². The number of rotatable bonds is 0. The molecule has 3 unspecified atom stereocenters. The molecule has 2 N–H and O–H groups in total. The van der Waals surface area contributed by atoms with Crippen molar-refractivity contribution in [2.75, 3.05) is 39.0 Å². The number of nitrogens with one attached hydrogen (secondary N) is 2. The number of aromatic amines is 1. The zero-order valence-corrected chi connectivity index (χ0v) is 18.4. The van der Waals surface area contributed by atoms with E-state index in [4.69, 9.17) is 0 Å². The van der Waals surface area contributed by atoms with Crippen LogP contribution in [0, 0.1) is 11.8 Å². The summed E-state index contributed by atoms with van der Waals surface area (Å²) in [5.41, 5.74) is 2.08. The number of H-pyrrole nitrogens is 1. The molecule has 3 atom stereocenters. The van der Waals surface area contributed by atoms with Crippen LogP contribution in [-0.2, 0) is 11.2 Å². The second-order valence-corrected chi connectivity index (χ2v) is 9.04. The van der Waals surface area contributed by atoms with E-state index in [0.717, 1.165) is 62.2 Å². The normalized spacial score (nSPS) is 27.1. The standard InChI is InChI=1S/C23H34N6O/c1-16-8-9-19-12-18(16)14-28(2)10-5-7-20(30)29(3)11-4-6-17-13-24-22-21(17)23(27-19)26-15-25-22/h8-9,13,15-16,18-19H,4-7,10-12,14H2,1-3H3,(H2,24,25,26,27). The quantitative estimate of drug-likeness (QED) is 0.653. The van der Waals surface area contributed by atoms with E-state index in [1.807, 2.05) is 18.1 Å². The fourth-order valence-corrected chi connectivity index (χ4v) is 4.76. The molecule has 4 rings (SSSR count). The van der Waals surface area contributed by atoms with Gasteiger partial charge >= 0.3 is 0 Å². The predicted molar refractivity (Wildman–Crippen MR) is 120 cm³/mol. The lowest BCUT2D eigenvalue weighted by molar-refractivity contribution is -0.130. The zero-order valence-electron chi connectivity index (χ0n) is 18.4. The van der Waals surface area contributed by atoms with Gasteiger partial charge in [0.05, 0.1) is 5.39 Å². The Hall–Kier alpha value is -2.41. The molecule has 2 aromatic heterocycles. The van der Waals surface area contributed by atoms with E-state index in [1.165, 1.54) is 5.56 Å². The van der Waals surface area contributed by atoms with Crippen molar-refractivity contribution in [2.45, 2.75) is 45.1 Å². The number of fused-ring (bicyclic) bond motifs is 2. The second kappa shape index (κ2) is 9.16. The van der Waals surface area contributed by atoms with E-state index >= 15 is 0 Å². The highest BCUT2D eigenvalue weighted by atomic mass is 16.2. The molecular formula is C23H34N6O. The molecule has 30 heavy (non-hydrogen) atoms. The molecule has 1 amide bonds. The Morgan fingerprint density at radius 3 is 2.80 bits per heavy atom. The Balaban J connectivity index is 1.61. The molecular weight excluding hydrogens is 376 g/mol.